The van der Waals surface area contributed by atoms with Crippen molar-refractivity contribution in [3.05, 3.63) is 95.9 Å². The minimum atomic E-state index is -1.15. The molecule has 4 aromatic rings. The Kier molecular flexibility index (Phi) is 8.61. The lowest BCUT2D eigenvalue weighted by atomic mass is 10.2. The fraction of sp³-hybridized carbons (Fsp3) is 0.207. The lowest BCUT2D eigenvalue weighted by molar-refractivity contribution is -0.138. The lowest BCUT2D eigenvalue weighted by Gasteiger charge is -2.20. The third kappa shape index (κ3) is 7.13. The Morgan fingerprint density at radius 1 is 0.947 bits per heavy atom. The fourth-order valence-electron chi connectivity index (χ4n) is 3.76. The van der Waals surface area contributed by atoms with E-state index in [-0.39, 0.29) is 12.3 Å². The van der Waals surface area contributed by atoms with E-state index in [0.717, 1.165) is 21.9 Å². The van der Waals surface area contributed by atoms with Crippen molar-refractivity contribution in [2.75, 3.05) is 20.3 Å². The molecule has 1 heterocycles. The number of carbonyl (C=O) groups excluding carboxylic acids is 1. The molecule has 0 unspecified atom stereocenters. The summed E-state index contributed by atoms with van der Waals surface area (Å²) >= 11 is 0. The number of hydrogen-bond donors (Lipinski definition) is 1. The second-order valence-corrected chi connectivity index (χ2v) is 8.43. The van der Waals surface area contributed by atoms with Gasteiger partial charge in [-0.15, -0.1) is 0 Å². The predicted molar refractivity (Wildman–Crippen MR) is 139 cm³/mol. The molecule has 0 saturated heterocycles. The number of amides is 1. The summed E-state index contributed by atoms with van der Waals surface area (Å²) in [7, 11) is 1.50. The van der Waals surface area contributed by atoms with Gasteiger partial charge in [-0.2, -0.15) is 0 Å². The minimum Gasteiger partial charge on any atom is -0.497 e. The molecule has 1 amide bonds. The number of aliphatic carboxylic acids is 1. The Morgan fingerprint density at radius 2 is 1.68 bits per heavy atom. The quantitative estimate of drug-likeness (QED) is 0.283. The van der Waals surface area contributed by atoms with Crippen LogP contribution in [0.1, 0.15) is 17.0 Å². The van der Waals surface area contributed by atoms with Gasteiger partial charge in [0.25, 0.3) is 0 Å². The average Bonchev–Trinajstić information content (AvgIpc) is 3.29. The maximum atomic E-state index is 12.8. The number of rotatable bonds is 11. The molecule has 9 heteroatoms. The van der Waals surface area contributed by atoms with Crippen LogP contribution < -0.4 is 14.2 Å². The predicted octanol–water partition coefficient (Wildman–Crippen LogP) is 5.37. The van der Waals surface area contributed by atoms with E-state index in [9.17, 15) is 14.7 Å². The molecule has 0 atom stereocenters. The van der Waals surface area contributed by atoms with Gasteiger partial charge in [0, 0.05) is 24.6 Å². The van der Waals surface area contributed by atoms with Crippen molar-refractivity contribution in [2.45, 2.75) is 19.9 Å². The van der Waals surface area contributed by atoms with Crippen molar-refractivity contribution in [3.8, 4) is 28.7 Å². The summed E-state index contributed by atoms with van der Waals surface area (Å²) in [5, 5.41) is 9.33. The van der Waals surface area contributed by atoms with Crippen molar-refractivity contribution in [1.82, 2.24) is 9.88 Å². The molecule has 0 aliphatic rings. The van der Waals surface area contributed by atoms with Crippen LogP contribution in [0.25, 0.3) is 11.5 Å². The van der Waals surface area contributed by atoms with Crippen LogP contribution in [-0.4, -0.2) is 47.3 Å². The van der Waals surface area contributed by atoms with Gasteiger partial charge in [-0.25, -0.2) is 9.78 Å². The van der Waals surface area contributed by atoms with E-state index >= 15 is 0 Å². The minimum absolute atomic E-state index is 0.0229. The molecule has 0 radical (unpaired) electrons. The average molecular weight is 517 g/mol. The van der Waals surface area contributed by atoms with Gasteiger partial charge >= 0.3 is 12.1 Å². The zero-order valence-electron chi connectivity index (χ0n) is 21.1. The van der Waals surface area contributed by atoms with Crippen LogP contribution in [0.3, 0.4) is 0 Å². The summed E-state index contributed by atoms with van der Waals surface area (Å²) in [6, 6.07) is 23.3. The van der Waals surface area contributed by atoms with Gasteiger partial charge in [0.2, 0.25) is 5.89 Å². The van der Waals surface area contributed by atoms with Crippen molar-refractivity contribution in [1.29, 1.82) is 0 Å². The summed E-state index contributed by atoms with van der Waals surface area (Å²) in [6.45, 7) is 1.73. The SMILES string of the molecule is COc1cccc(OC(=O)N(CC(=O)O)Cc2cccc(OCCc3nc(-c4ccccc4)oc3C)c2)c1. The maximum Gasteiger partial charge on any atom is 0.416 e. The number of carboxylic acid groups (broad SMARTS) is 1. The highest BCUT2D eigenvalue weighted by Crippen LogP contribution is 2.23. The number of hydrogen-bond acceptors (Lipinski definition) is 7. The summed E-state index contributed by atoms with van der Waals surface area (Å²) in [5.74, 6) is 1.50. The summed E-state index contributed by atoms with van der Waals surface area (Å²) < 4.78 is 22.2. The van der Waals surface area contributed by atoms with Gasteiger partial charge in [0.1, 0.15) is 29.6 Å². The molecular weight excluding hydrogens is 488 g/mol. The number of aryl methyl sites for hydroxylation is 1. The van der Waals surface area contributed by atoms with E-state index in [1.807, 2.05) is 37.3 Å². The molecule has 0 fully saturated rings. The number of oxazole rings is 1. The Morgan fingerprint density at radius 3 is 2.45 bits per heavy atom. The van der Waals surface area contributed by atoms with Crippen LogP contribution >= 0.6 is 0 Å². The number of methoxy groups -OCH3 is 1. The van der Waals surface area contributed by atoms with Crippen molar-refractivity contribution < 1.29 is 33.3 Å². The number of aromatic nitrogens is 1. The van der Waals surface area contributed by atoms with Gasteiger partial charge < -0.3 is 23.7 Å². The van der Waals surface area contributed by atoms with E-state index in [4.69, 9.17) is 18.6 Å². The number of nitrogens with zero attached hydrogens (tertiary/aromatic N) is 2. The van der Waals surface area contributed by atoms with E-state index in [1.165, 1.54) is 7.11 Å². The van der Waals surface area contributed by atoms with E-state index in [2.05, 4.69) is 4.98 Å². The molecule has 0 bridgehead atoms. The van der Waals surface area contributed by atoms with Gasteiger partial charge in [-0.05, 0) is 48.9 Å². The van der Waals surface area contributed by atoms with Crippen molar-refractivity contribution in [2.24, 2.45) is 0 Å². The third-order valence-electron chi connectivity index (χ3n) is 5.62. The summed E-state index contributed by atoms with van der Waals surface area (Å²) in [4.78, 5) is 29.9. The van der Waals surface area contributed by atoms with Gasteiger partial charge in [0.05, 0.1) is 19.4 Å². The highest BCUT2D eigenvalue weighted by molar-refractivity contribution is 5.78. The monoisotopic (exact) mass is 516 g/mol. The first-order chi connectivity index (χ1) is 18.4. The van der Waals surface area contributed by atoms with Crippen LogP contribution in [-0.2, 0) is 17.8 Å². The first-order valence-electron chi connectivity index (χ1n) is 12.0. The molecule has 9 nitrogen and oxygen atoms in total. The number of carboxylic acids is 1. The summed E-state index contributed by atoms with van der Waals surface area (Å²) in [5.41, 5.74) is 2.41. The van der Waals surface area contributed by atoms with E-state index in [0.29, 0.717) is 36.0 Å². The third-order valence-corrected chi connectivity index (χ3v) is 5.62. The van der Waals surface area contributed by atoms with Gasteiger partial charge in [-0.3, -0.25) is 9.69 Å². The molecule has 0 saturated carbocycles. The highest BCUT2D eigenvalue weighted by atomic mass is 16.6. The topological polar surface area (TPSA) is 111 Å². The molecule has 0 aliphatic heterocycles. The van der Waals surface area contributed by atoms with Crippen LogP contribution in [0.5, 0.6) is 17.2 Å². The maximum absolute atomic E-state index is 12.8. The molecule has 0 spiro atoms. The van der Waals surface area contributed by atoms with Crippen LogP contribution in [0.2, 0.25) is 0 Å². The Hall–Kier alpha value is -4.79. The summed E-state index contributed by atoms with van der Waals surface area (Å²) in [6.07, 6.45) is -0.243. The number of benzene rings is 3. The van der Waals surface area contributed by atoms with Crippen LogP contribution in [0.4, 0.5) is 4.79 Å². The molecule has 1 aromatic heterocycles. The normalized spacial score (nSPS) is 10.6. The highest BCUT2D eigenvalue weighted by Gasteiger charge is 2.20. The smallest absolute Gasteiger partial charge is 0.416 e. The van der Waals surface area contributed by atoms with Crippen LogP contribution in [0, 0.1) is 6.92 Å². The lowest BCUT2D eigenvalue weighted by Crippen LogP contribution is -2.37. The van der Waals surface area contributed by atoms with Gasteiger partial charge in [-0.1, -0.05) is 36.4 Å². The first kappa shape index (κ1) is 26.3. The molecule has 4 rings (SSSR count). The van der Waals surface area contributed by atoms with Crippen LogP contribution in [0.15, 0.2) is 83.3 Å². The second kappa shape index (κ2) is 12.4. The molecule has 0 aliphatic carbocycles. The second-order valence-electron chi connectivity index (χ2n) is 8.43. The zero-order valence-corrected chi connectivity index (χ0v) is 21.1. The van der Waals surface area contributed by atoms with E-state index < -0.39 is 18.6 Å². The molecule has 38 heavy (non-hydrogen) atoms. The Balaban J connectivity index is 1.37. The Bertz CT molecular complexity index is 1380. The molecular formula is C29H28N2O7. The molecule has 196 valence electrons. The zero-order chi connectivity index (χ0) is 26.9. The fourth-order valence-corrected chi connectivity index (χ4v) is 3.76. The van der Waals surface area contributed by atoms with Gasteiger partial charge in [0.15, 0.2) is 0 Å². The van der Waals surface area contributed by atoms with Crippen molar-refractivity contribution >= 4 is 12.1 Å². The first-order valence-corrected chi connectivity index (χ1v) is 12.0. The van der Waals surface area contributed by atoms with Crippen molar-refractivity contribution in [3.63, 3.8) is 0 Å². The number of carbonyl (C=O) groups is 2. The largest absolute Gasteiger partial charge is 0.497 e. The molecule has 3 aromatic carbocycles. The van der Waals surface area contributed by atoms with E-state index in [1.54, 1.807) is 48.5 Å². The Labute approximate surface area is 220 Å². The standard InChI is InChI=1S/C29H28N2O7/c1-20-26(30-28(37-20)22-9-4-3-5-10-22)14-15-36-24-12-6-8-21(16-24)18-31(19-27(32)33)29(34)38-25-13-7-11-23(17-25)35-2/h3-13,16-17H,14-15,18-19H2,1-2H3,(H,32,33). The molecule has 1 N–H and O–H groups in total. The number of ether oxygens (including phenoxy) is 3.